The predicted octanol–water partition coefficient (Wildman–Crippen LogP) is 2.19. The Morgan fingerprint density at radius 1 is 1.29 bits per heavy atom. The first kappa shape index (κ1) is 9.09. The third-order valence-electron chi connectivity index (χ3n) is 2.20. The molecule has 0 N–H and O–H groups in total. The molecule has 14 heavy (non-hydrogen) atoms. The minimum atomic E-state index is 0. The Bertz CT molecular complexity index is 453. The van der Waals surface area contributed by atoms with Crippen molar-refractivity contribution in [3.05, 3.63) is 42.5 Å². The lowest BCUT2D eigenvalue weighted by atomic mass is 10.2. The van der Waals surface area contributed by atoms with Crippen LogP contribution in [-0.4, -0.2) is 9.55 Å². The highest BCUT2D eigenvalue weighted by Gasteiger charge is 2.15. The molecule has 0 atom stereocenters. The highest BCUT2D eigenvalue weighted by molar-refractivity contribution is 5.85. The van der Waals surface area contributed by atoms with E-state index in [9.17, 15) is 0 Å². The molecule has 0 spiro atoms. The molecule has 1 aromatic heterocycles. The first-order chi connectivity index (χ1) is 6.45. The van der Waals surface area contributed by atoms with Crippen molar-refractivity contribution >= 4 is 12.4 Å². The number of rotatable bonds is 0. The topological polar surface area (TPSA) is 27.1 Å². The van der Waals surface area contributed by atoms with Crippen LogP contribution in [0.15, 0.2) is 36.7 Å². The lowest BCUT2D eigenvalue weighted by molar-refractivity contribution is 0.279. The highest BCUT2D eigenvalue weighted by Crippen LogP contribution is 2.28. The SMILES string of the molecule is Cl.c1ccc2c(c1)OCc1nccn1-2. The largest absolute Gasteiger partial charge is 0.483 e. The number of nitrogens with zero attached hydrogens (tertiary/aromatic N) is 2. The maximum absolute atomic E-state index is 5.52. The van der Waals surface area contributed by atoms with Crippen molar-refractivity contribution < 1.29 is 4.74 Å². The number of aromatic nitrogens is 2. The summed E-state index contributed by atoms with van der Waals surface area (Å²) in [6.45, 7) is 0.560. The summed E-state index contributed by atoms with van der Waals surface area (Å²) in [6.07, 6.45) is 3.75. The van der Waals surface area contributed by atoms with E-state index >= 15 is 0 Å². The van der Waals surface area contributed by atoms with E-state index in [-0.39, 0.29) is 12.4 Å². The molecule has 0 bridgehead atoms. The van der Waals surface area contributed by atoms with Gasteiger partial charge in [0.2, 0.25) is 0 Å². The molecule has 4 heteroatoms. The molecular formula is C10H9ClN2O. The zero-order valence-electron chi connectivity index (χ0n) is 7.38. The van der Waals surface area contributed by atoms with E-state index in [0.29, 0.717) is 6.61 Å². The van der Waals surface area contributed by atoms with Crippen LogP contribution in [0, 0.1) is 0 Å². The summed E-state index contributed by atoms with van der Waals surface area (Å²) in [6, 6.07) is 7.97. The van der Waals surface area contributed by atoms with Gasteiger partial charge in [-0.2, -0.15) is 0 Å². The Morgan fingerprint density at radius 2 is 2.14 bits per heavy atom. The molecule has 1 aliphatic rings. The monoisotopic (exact) mass is 208 g/mol. The quantitative estimate of drug-likeness (QED) is 0.664. The molecular weight excluding hydrogens is 200 g/mol. The zero-order chi connectivity index (χ0) is 8.67. The minimum absolute atomic E-state index is 0. The number of para-hydroxylation sites is 2. The molecule has 3 rings (SSSR count). The molecule has 1 aliphatic heterocycles. The number of halogens is 1. The van der Waals surface area contributed by atoms with E-state index in [2.05, 4.69) is 9.55 Å². The normalized spacial score (nSPS) is 12.0. The molecule has 3 nitrogen and oxygen atoms in total. The van der Waals surface area contributed by atoms with Crippen molar-refractivity contribution in [3.8, 4) is 11.4 Å². The number of hydrogen-bond donors (Lipinski definition) is 0. The lowest BCUT2D eigenvalue weighted by Crippen LogP contribution is -2.12. The van der Waals surface area contributed by atoms with Crippen molar-refractivity contribution in [1.29, 1.82) is 0 Å². The molecule has 72 valence electrons. The first-order valence-corrected chi connectivity index (χ1v) is 4.19. The van der Waals surface area contributed by atoms with E-state index in [1.165, 1.54) is 0 Å². The summed E-state index contributed by atoms with van der Waals surface area (Å²) >= 11 is 0. The first-order valence-electron chi connectivity index (χ1n) is 4.19. The second-order valence-electron chi connectivity index (χ2n) is 2.97. The fourth-order valence-electron chi connectivity index (χ4n) is 1.58. The molecule has 0 amide bonds. The number of ether oxygens (including phenoxy) is 1. The van der Waals surface area contributed by atoms with Gasteiger partial charge in [0.05, 0.1) is 5.69 Å². The van der Waals surface area contributed by atoms with Crippen molar-refractivity contribution in [2.24, 2.45) is 0 Å². The summed E-state index contributed by atoms with van der Waals surface area (Å²) in [5.74, 6) is 1.88. The molecule has 0 fully saturated rings. The van der Waals surface area contributed by atoms with Gasteiger partial charge in [-0.25, -0.2) is 4.98 Å². The number of benzene rings is 1. The standard InChI is InChI=1S/C10H8N2O.ClH/c1-2-4-9-8(3-1)12-6-5-11-10(12)7-13-9;/h1-6H,7H2;1H. The zero-order valence-corrected chi connectivity index (χ0v) is 8.20. The van der Waals surface area contributed by atoms with Gasteiger partial charge in [-0.1, -0.05) is 12.1 Å². The summed E-state index contributed by atoms with van der Waals surface area (Å²) in [7, 11) is 0. The summed E-state index contributed by atoms with van der Waals surface area (Å²) < 4.78 is 7.58. The average Bonchev–Trinajstić information content (AvgIpc) is 2.65. The van der Waals surface area contributed by atoms with Crippen molar-refractivity contribution in [3.63, 3.8) is 0 Å². The lowest BCUT2D eigenvalue weighted by Gasteiger charge is -2.18. The van der Waals surface area contributed by atoms with Gasteiger partial charge in [0.15, 0.2) is 5.82 Å². The van der Waals surface area contributed by atoms with Crippen LogP contribution < -0.4 is 4.74 Å². The maximum Gasteiger partial charge on any atom is 0.151 e. The van der Waals surface area contributed by atoms with E-state index in [0.717, 1.165) is 17.3 Å². The van der Waals surface area contributed by atoms with Gasteiger partial charge in [-0.05, 0) is 12.1 Å². The van der Waals surface area contributed by atoms with Crippen LogP contribution in [0.2, 0.25) is 0 Å². The number of fused-ring (bicyclic) bond motifs is 3. The highest BCUT2D eigenvalue weighted by atomic mass is 35.5. The van der Waals surface area contributed by atoms with E-state index in [4.69, 9.17) is 4.74 Å². The fraction of sp³-hybridized carbons (Fsp3) is 0.100. The summed E-state index contributed by atoms with van der Waals surface area (Å²) in [4.78, 5) is 4.19. The molecule has 0 unspecified atom stereocenters. The fourth-order valence-corrected chi connectivity index (χ4v) is 1.58. The van der Waals surface area contributed by atoms with Gasteiger partial charge in [-0.15, -0.1) is 12.4 Å². The van der Waals surface area contributed by atoms with Crippen LogP contribution in [0.5, 0.6) is 5.75 Å². The Balaban J connectivity index is 0.000000750. The van der Waals surface area contributed by atoms with Crippen LogP contribution in [-0.2, 0) is 6.61 Å². The van der Waals surface area contributed by atoms with E-state index in [1.54, 1.807) is 6.20 Å². The smallest absolute Gasteiger partial charge is 0.151 e. The van der Waals surface area contributed by atoms with Gasteiger partial charge >= 0.3 is 0 Å². The predicted molar refractivity (Wildman–Crippen MR) is 55.1 cm³/mol. The Labute approximate surface area is 87.8 Å². The second-order valence-corrected chi connectivity index (χ2v) is 2.97. The van der Waals surface area contributed by atoms with E-state index < -0.39 is 0 Å². The summed E-state index contributed by atoms with van der Waals surface area (Å²) in [5, 5.41) is 0. The third kappa shape index (κ3) is 1.17. The van der Waals surface area contributed by atoms with Crippen molar-refractivity contribution in [2.45, 2.75) is 6.61 Å². The van der Waals surface area contributed by atoms with Crippen LogP contribution in [0.4, 0.5) is 0 Å². The molecule has 2 aromatic rings. The Kier molecular flexibility index (Phi) is 2.17. The van der Waals surface area contributed by atoms with Gasteiger partial charge in [0, 0.05) is 12.4 Å². The number of hydrogen-bond acceptors (Lipinski definition) is 2. The van der Waals surface area contributed by atoms with E-state index in [1.807, 2.05) is 30.5 Å². The molecule has 0 aliphatic carbocycles. The molecule has 2 heterocycles. The minimum Gasteiger partial charge on any atom is -0.483 e. The van der Waals surface area contributed by atoms with Gasteiger partial charge < -0.3 is 4.74 Å². The van der Waals surface area contributed by atoms with Crippen LogP contribution in [0.3, 0.4) is 0 Å². The van der Waals surface area contributed by atoms with Crippen LogP contribution >= 0.6 is 12.4 Å². The number of imidazole rings is 1. The van der Waals surface area contributed by atoms with Gasteiger partial charge in [-0.3, -0.25) is 4.57 Å². The van der Waals surface area contributed by atoms with Gasteiger partial charge in [0.1, 0.15) is 12.4 Å². The average molecular weight is 209 g/mol. The molecule has 0 saturated carbocycles. The van der Waals surface area contributed by atoms with Crippen molar-refractivity contribution in [1.82, 2.24) is 9.55 Å². The molecule has 1 aromatic carbocycles. The van der Waals surface area contributed by atoms with Gasteiger partial charge in [0.25, 0.3) is 0 Å². The van der Waals surface area contributed by atoms with Crippen LogP contribution in [0.25, 0.3) is 5.69 Å². The Hall–Kier alpha value is -1.48. The van der Waals surface area contributed by atoms with Crippen molar-refractivity contribution in [2.75, 3.05) is 0 Å². The Morgan fingerprint density at radius 3 is 3.07 bits per heavy atom. The van der Waals surface area contributed by atoms with Crippen LogP contribution in [0.1, 0.15) is 5.82 Å². The third-order valence-corrected chi connectivity index (χ3v) is 2.20. The second kappa shape index (κ2) is 3.35. The maximum atomic E-state index is 5.52. The molecule has 0 saturated heterocycles. The molecule has 0 radical (unpaired) electrons. The summed E-state index contributed by atoms with van der Waals surface area (Å²) in [5.41, 5.74) is 1.07.